The molecule has 0 fully saturated rings. The van der Waals surface area contributed by atoms with Crippen LogP contribution in [0.25, 0.3) is 241 Å². The average molecular weight is 1700 g/mol. The molecular weight excluding hydrogens is 1630 g/mol. The lowest BCUT2D eigenvalue weighted by Crippen LogP contribution is -2.09. The number of para-hydroxylation sites is 5. The van der Waals surface area contributed by atoms with E-state index in [-0.39, 0.29) is 0 Å². The maximum absolute atomic E-state index is 7.06. The topological polar surface area (TPSA) is 72.2 Å². The molecule has 8 heteroatoms. The van der Waals surface area contributed by atoms with Crippen molar-refractivity contribution >= 4 is 186 Å². The van der Waals surface area contributed by atoms with Gasteiger partial charge in [-0.2, -0.15) is 0 Å². The molecule has 0 amide bonds. The van der Waals surface area contributed by atoms with Crippen molar-refractivity contribution in [3.05, 3.63) is 449 Å². The van der Waals surface area contributed by atoms with Crippen LogP contribution in [0.4, 0.5) is 34.1 Å². The van der Waals surface area contributed by atoms with E-state index < -0.39 is 0 Å². The van der Waals surface area contributed by atoms with Gasteiger partial charge in [0, 0.05) is 119 Å². The fourth-order valence-electron chi connectivity index (χ4n) is 20.8. The molecular formula is C124H74N2O5S. The quantitative estimate of drug-likeness (QED) is 0.101. The first-order chi connectivity index (χ1) is 65.4. The normalized spacial score (nSPS) is 11.9. The van der Waals surface area contributed by atoms with Gasteiger partial charge in [-0.1, -0.05) is 303 Å². The second-order valence-electron chi connectivity index (χ2n) is 34.3. The van der Waals surface area contributed by atoms with E-state index in [0.717, 1.165) is 233 Å². The Morgan fingerprint density at radius 2 is 0.439 bits per heavy atom. The summed E-state index contributed by atoms with van der Waals surface area (Å²) in [6.45, 7) is 0. The largest absolute Gasteiger partial charge is 0.456 e. The minimum atomic E-state index is 0.792. The molecule has 0 unspecified atom stereocenters. The highest BCUT2D eigenvalue weighted by Gasteiger charge is 2.26. The van der Waals surface area contributed by atoms with Gasteiger partial charge in [-0.05, 0) is 245 Å². The molecule has 0 N–H and O–H groups in total. The Balaban J connectivity index is 0.519. The molecule has 27 rings (SSSR count). The maximum Gasteiger partial charge on any atom is 0.143 e. The summed E-state index contributed by atoms with van der Waals surface area (Å²) in [5.74, 6) is 0. The fraction of sp³-hybridized carbons (Fsp3) is 0. The number of anilines is 6. The van der Waals surface area contributed by atoms with Crippen LogP contribution in [0, 0.1) is 0 Å². The molecule has 6 heterocycles. The number of rotatable bonds is 15. The first-order valence-corrected chi connectivity index (χ1v) is 45.6. The van der Waals surface area contributed by atoms with E-state index in [1.807, 2.05) is 41.7 Å². The zero-order valence-corrected chi connectivity index (χ0v) is 71.9. The maximum atomic E-state index is 7.06. The van der Waals surface area contributed by atoms with Crippen molar-refractivity contribution in [1.82, 2.24) is 0 Å². The van der Waals surface area contributed by atoms with E-state index in [1.54, 1.807) is 0 Å². The number of furan rings is 5. The minimum absolute atomic E-state index is 0.792. The summed E-state index contributed by atoms with van der Waals surface area (Å²) in [5, 5.41) is 15.8. The number of thiophene rings is 1. The predicted octanol–water partition coefficient (Wildman–Crippen LogP) is 36.6. The first-order valence-electron chi connectivity index (χ1n) is 44.8. The van der Waals surface area contributed by atoms with E-state index in [9.17, 15) is 0 Å². The van der Waals surface area contributed by atoms with Gasteiger partial charge in [0.1, 0.15) is 55.8 Å². The van der Waals surface area contributed by atoms with E-state index in [2.05, 4.69) is 428 Å². The molecule has 0 saturated heterocycles. The number of hydrogen-bond acceptors (Lipinski definition) is 8. The Kier molecular flexibility index (Phi) is 17.1. The lowest BCUT2D eigenvalue weighted by Gasteiger charge is -2.26. The molecule has 0 bridgehead atoms. The van der Waals surface area contributed by atoms with Crippen molar-refractivity contribution in [2.45, 2.75) is 0 Å². The van der Waals surface area contributed by atoms with Crippen LogP contribution in [0.2, 0.25) is 0 Å². The molecule has 0 aliphatic carbocycles. The van der Waals surface area contributed by atoms with Crippen LogP contribution in [-0.2, 0) is 0 Å². The minimum Gasteiger partial charge on any atom is -0.456 e. The van der Waals surface area contributed by atoms with Crippen molar-refractivity contribution in [2.24, 2.45) is 0 Å². The highest BCUT2D eigenvalue weighted by atomic mass is 32.1. The van der Waals surface area contributed by atoms with Gasteiger partial charge in [-0.15, -0.1) is 11.3 Å². The molecule has 616 valence electrons. The van der Waals surface area contributed by atoms with Crippen LogP contribution in [0.15, 0.2) is 471 Å². The Morgan fingerprint density at radius 1 is 0.144 bits per heavy atom. The highest BCUT2D eigenvalue weighted by Crippen LogP contribution is 2.51. The smallest absolute Gasteiger partial charge is 0.143 e. The standard InChI is InChI=1S/C124H74N2O5S/c1-2-20-90(82-53-67-102-101-24-9-14-40-117(101)132-118(102)74-82)89(19-1)75-41-55-83(56-42-75)125(85-59-45-77(46-60-85)92-28-16-37-113-119(92)105-25-6-11-34-110(105)127-113)87-63-49-79(50-64-87)94-30-18-39-115-121(94)108-68-54-81(73-116(108)129-115)96-71-70-95(122-107-27-8-13-36-112(107)131-124(96)122)80-51-65-88(66-52-80)126(86-61-47-78(48-62-86)93-29-17-38-114-120(93)106-26-7-12-35-111(106)128-114)84-57-43-76(44-58-84)91-69-72-99(98-22-4-3-21-97(91)98)103-31-15-32-104-100-23-5-10-33-109(100)130-123(103)104/h1-74H. The molecule has 132 heavy (non-hydrogen) atoms. The number of hydrogen-bond donors (Lipinski definition) is 0. The average Bonchev–Trinajstić information content (AvgIpc) is 1.56. The van der Waals surface area contributed by atoms with Gasteiger partial charge in [0.25, 0.3) is 0 Å². The third kappa shape index (κ3) is 12.2. The summed E-state index contributed by atoms with van der Waals surface area (Å²) in [4.78, 5) is 4.72. The van der Waals surface area contributed by atoms with Crippen LogP contribution >= 0.6 is 11.3 Å². The van der Waals surface area contributed by atoms with Gasteiger partial charge in [-0.25, -0.2) is 0 Å². The van der Waals surface area contributed by atoms with Crippen LogP contribution < -0.4 is 9.80 Å². The van der Waals surface area contributed by atoms with Crippen molar-refractivity contribution in [2.75, 3.05) is 9.80 Å². The number of fused-ring (bicyclic) bond motifs is 19. The Hall–Kier alpha value is -17.3. The second kappa shape index (κ2) is 30.2. The lowest BCUT2D eigenvalue weighted by molar-refractivity contribution is 0.668. The summed E-state index contributed by atoms with van der Waals surface area (Å²) in [7, 11) is 0. The molecule has 0 aliphatic rings. The van der Waals surface area contributed by atoms with E-state index in [4.69, 9.17) is 22.1 Å². The van der Waals surface area contributed by atoms with Crippen LogP contribution in [0.1, 0.15) is 0 Å². The molecule has 0 aliphatic heterocycles. The Labute approximate surface area is 761 Å². The molecule has 27 aromatic rings. The number of nitrogens with zero attached hydrogens (tertiary/aromatic N) is 2. The third-order valence-electron chi connectivity index (χ3n) is 27.0. The Morgan fingerprint density at radius 3 is 0.955 bits per heavy atom. The van der Waals surface area contributed by atoms with Gasteiger partial charge in [0.15, 0.2) is 0 Å². The SMILES string of the molecule is c1ccc(-c2ccc3c(c2)sc2ccccc23)c(-c2ccc(N(c3ccc(-c4cccc5oc6ccccc6c45)cc3)c3ccc(-c4cccc5oc6cc(-c7ccc(-c8ccc(N(c9ccc(-c%10ccc(-c%11cccc%12c%11oc%11ccccc%11%12)c%11ccccc%10%11)cc9)c9ccc(-c%10cccc%11oc%12ccccc%12c%10%11)cc9)cc8)c8c7oc7ccccc78)ccc6c45)cc3)cc2)c1. The van der Waals surface area contributed by atoms with Gasteiger partial charge in [-0.3, -0.25) is 0 Å². The van der Waals surface area contributed by atoms with Crippen LogP contribution in [0.5, 0.6) is 0 Å². The monoisotopic (exact) mass is 1700 g/mol. The molecule has 0 spiro atoms. The summed E-state index contributed by atoms with van der Waals surface area (Å²) < 4.78 is 36.0. The van der Waals surface area contributed by atoms with Crippen molar-refractivity contribution in [3.8, 4) is 100 Å². The molecule has 0 radical (unpaired) electrons. The van der Waals surface area contributed by atoms with Crippen molar-refractivity contribution < 1.29 is 22.1 Å². The second-order valence-corrected chi connectivity index (χ2v) is 35.4. The fourth-order valence-corrected chi connectivity index (χ4v) is 22.0. The van der Waals surface area contributed by atoms with Gasteiger partial charge >= 0.3 is 0 Å². The predicted molar refractivity (Wildman–Crippen MR) is 552 cm³/mol. The summed E-state index contributed by atoms with van der Waals surface area (Å²) in [6.07, 6.45) is 0. The Bertz CT molecular complexity index is 9330. The van der Waals surface area contributed by atoms with Gasteiger partial charge < -0.3 is 31.9 Å². The highest BCUT2D eigenvalue weighted by molar-refractivity contribution is 7.25. The molecule has 0 atom stereocenters. The lowest BCUT2D eigenvalue weighted by atomic mass is 9.91. The summed E-state index contributed by atoms with van der Waals surface area (Å²) in [5.41, 5.74) is 34.6. The number of benzene rings is 21. The van der Waals surface area contributed by atoms with E-state index in [1.165, 1.54) is 42.2 Å². The van der Waals surface area contributed by atoms with E-state index in [0.29, 0.717) is 0 Å². The zero-order chi connectivity index (χ0) is 86.6. The van der Waals surface area contributed by atoms with E-state index >= 15 is 0 Å². The summed E-state index contributed by atoms with van der Waals surface area (Å²) >= 11 is 1.85. The van der Waals surface area contributed by atoms with Gasteiger partial charge in [0.05, 0.1) is 0 Å². The van der Waals surface area contributed by atoms with Crippen LogP contribution in [-0.4, -0.2) is 0 Å². The van der Waals surface area contributed by atoms with Crippen molar-refractivity contribution in [1.29, 1.82) is 0 Å². The first kappa shape index (κ1) is 74.9. The zero-order valence-electron chi connectivity index (χ0n) is 71.1. The molecule has 7 nitrogen and oxygen atoms in total. The van der Waals surface area contributed by atoms with Crippen LogP contribution in [0.3, 0.4) is 0 Å². The van der Waals surface area contributed by atoms with Crippen molar-refractivity contribution in [3.63, 3.8) is 0 Å². The third-order valence-corrected chi connectivity index (χ3v) is 28.1. The summed E-state index contributed by atoms with van der Waals surface area (Å²) in [6, 6.07) is 162. The molecule has 21 aromatic carbocycles. The van der Waals surface area contributed by atoms with Gasteiger partial charge in [0.2, 0.25) is 0 Å². The molecule has 0 saturated carbocycles. The molecule has 6 aromatic heterocycles.